The normalized spacial score (nSPS) is 11.0. The summed E-state index contributed by atoms with van der Waals surface area (Å²) in [6.45, 7) is -0.317. The van der Waals surface area contributed by atoms with Crippen LogP contribution in [0.15, 0.2) is 60.7 Å². The van der Waals surface area contributed by atoms with Gasteiger partial charge in [-0.1, -0.05) is 48.5 Å². The summed E-state index contributed by atoms with van der Waals surface area (Å²) in [5.41, 5.74) is 1.05. The molecular weight excluding hydrogens is 330 g/mol. The van der Waals surface area contributed by atoms with E-state index in [0.717, 1.165) is 4.31 Å². The van der Waals surface area contributed by atoms with E-state index in [0.29, 0.717) is 11.3 Å². The monoisotopic (exact) mass is 349 g/mol. The Morgan fingerprint density at radius 1 is 1.00 bits per heavy atom. The van der Waals surface area contributed by atoms with E-state index in [4.69, 9.17) is 9.84 Å². The minimum atomic E-state index is -4.34. The first kappa shape index (κ1) is 18.0. The summed E-state index contributed by atoms with van der Waals surface area (Å²) in [6, 6.07) is 17.1. The number of aliphatic hydroxyl groups excluding tert-OH is 1. The zero-order chi connectivity index (χ0) is 17.4. The van der Waals surface area contributed by atoms with Crippen molar-refractivity contribution in [3.8, 4) is 0 Å². The van der Waals surface area contributed by atoms with E-state index in [1.54, 1.807) is 54.6 Å². The highest BCUT2D eigenvalue weighted by Gasteiger charge is 2.32. The number of carbonyl (C=O) groups is 1. The lowest BCUT2D eigenvalue weighted by Gasteiger charge is -2.22. The molecular formula is C17H19NO5S. The molecule has 0 bridgehead atoms. The van der Waals surface area contributed by atoms with Crippen molar-refractivity contribution in [2.45, 2.75) is 13.0 Å². The first-order valence-corrected chi connectivity index (χ1v) is 8.89. The van der Waals surface area contributed by atoms with Crippen LogP contribution in [0, 0.1) is 0 Å². The summed E-state index contributed by atoms with van der Waals surface area (Å²) >= 11 is 0. The third kappa shape index (κ3) is 4.56. The van der Waals surface area contributed by atoms with E-state index in [-0.39, 0.29) is 26.2 Å². The van der Waals surface area contributed by atoms with Gasteiger partial charge in [0.25, 0.3) is 0 Å². The van der Waals surface area contributed by atoms with E-state index in [1.165, 1.54) is 0 Å². The third-order valence-electron chi connectivity index (χ3n) is 3.26. The molecule has 128 valence electrons. The SMILES string of the molecule is O=C(OCc1ccccc1)S(=O)(=O)N(CCCO)c1ccccc1. The van der Waals surface area contributed by atoms with Gasteiger partial charge in [0.05, 0.1) is 5.69 Å². The maximum atomic E-state index is 12.5. The van der Waals surface area contributed by atoms with Crippen molar-refractivity contribution < 1.29 is 23.1 Å². The molecule has 7 heteroatoms. The molecule has 2 aromatic carbocycles. The molecule has 6 nitrogen and oxygen atoms in total. The first-order chi connectivity index (χ1) is 11.6. The molecule has 0 fully saturated rings. The summed E-state index contributed by atoms with van der Waals surface area (Å²) < 4.78 is 31.0. The van der Waals surface area contributed by atoms with E-state index in [9.17, 15) is 13.2 Å². The molecule has 0 saturated heterocycles. The summed E-state index contributed by atoms with van der Waals surface area (Å²) in [5.74, 6) is 0. The molecule has 1 N–H and O–H groups in total. The second kappa shape index (κ2) is 8.47. The van der Waals surface area contributed by atoms with Crippen LogP contribution in [0.3, 0.4) is 0 Å². The Bertz CT molecular complexity index is 747. The van der Waals surface area contributed by atoms with Crippen LogP contribution in [-0.2, 0) is 21.4 Å². The number of ether oxygens (including phenoxy) is 1. The second-order valence-electron chi connectivity index (χ2n) is 5.01. The molecule has 2 aromatic rings. The van der Waals surface area contributed by atoms with Crippen molar-refractivity contribution in [3.05, 3.63) is 66.2 Å². The van der Waals surface area contributed by atoms with Crippen molar-refractivity contribution in [1.82, 2.24) is 0 Å². The molecule has 0 saturated carbocycles. The average Bonchev–Trinajstić information content (AvgIpc) is 2.61. The van der Waals surface area contributed by atoms with Crippen molar-refractivity contribution in [2.24, 2.45) is 0 Å². The zero-order valence-corrected chi connectivity index (χ0v) is 13.9. The minimum Gasteiger partial charge on any atom is -0.448 e. The van der Waals surface area contributed by atoms with Crippen LogP contribution in [0.4, 0.5) is 10.5 Å². The topological polar surface area (TPSA) is 83.9 Å². The van der Waals surface area contributed by atoms with Gasteiger partial charge in [-0.15, -0.1) is 0 Å². The molecule has 0 aliphatic rings. The number of hydrogen-bond acceptors (Lipinski definition) is 5. The maximum absolute atomic E-state index is 12.5. The molecule has 0 heterocycles. The standard InChI is InChI=1S/C17H19NO5S/c19-13-7-12-18(16-10-5-2-6-11-16)24(21,22)17(20)23-14-15-8-3-1-4-9-15/h1-6,8-11,19H,7,12-14H2. The predicted molar refractivity (Wildman–Crippen MR) is 91.0 cm³/mol. The van der Waals surface area contributed by atoms with Gasteiger partial charge in [0.1, 0.15) is 6.61 Å². The van der Waals surface area contributed by atoms with Gasteiger partial charge < -0.3 is 9.84 Å². The van der Waals surface area contributed by atoms with Gasteiger partial charge in [-0.25, -0.2) is 4.79 Å². The lowest BCUT2D eigenvalue weighted by Crippen LogP contribution is -2.37. The van der Waals surface area contributed by atoms with Crippen LogP contribution >= 0.6 is 0 Å². The molecule has 24 heavy (non-hydrogen) atoms. The lowest BCUT2D eigenvalue weighted by molar-refractivity contribution is 0.165. The fourth-order valence-corrected chi connectivity index (χ4v) is 3.23. The summed E-state index contributed by atoms with van der Waals surface area (Å²) in [6.07, 6.45) is 0.208. The maximum Gasteiger partial charge on any atom is 0.445 e. The van der Waals surface area contributed by atoms with Crippen LogP contribution in [0.25, 0.3) is 0 Å². The molecule has 0 unspecified atom stereocenters. The van der Waals surface area contributed by atoms with Crippen molar-refractivity contribution in [3.63, 3.8) is 0 Å². The van der Waals surface area contributed by atoms with Gasteiger partial charge in [0, 0.05) is 13.2 Å². The zero-order valence-electron chi connectivity index (χ0n) is 13.0. The third-order valence-corrected chi connectivity index (χ3v) is 4.78. The molecule has 0 aliphatic carbocycles. The van der Waals surface area contributed by atoms with Crippen LogP contribution in [0.1, 0.15) is 12.0 Å². The van der Waals surface area contributed by atoms with Crippen LogP contribution in [-0.4, -0.2) is 32.0 Å². The number of hydrogen-bond donors (Lipinski definition) is 1. The second-order valence-corrected chi connectivity index (χ2v) is 6.74. The van der Waals surface area contributed by atoms with Gasteiger partial charge in [-0.2, -0.15) is 8.42 Å². The number of para-hydroxylation sites is 1. The number of rotatable bonds is 7. The van der Waals surface area contributed by atoms with Gasteiger partial charge >= 0.3 is 15.3 Å². The number of aliphatic hydroxyl groups is 1. The smallest absolute Gasteiger partial charge is 0.445 e. The van der Waals surface area contributed by atoms with Gasteiger partial charge in [0.15, 0.2) is 0 Å². The average molecular weight is 349 g/mol. The Balaban J connectivity index is 2.15. The fourth-order valence-electron chi connectivity index (χ4n) is 2.08. The molecule has 2 rings (SSSR count). The van der Waals surface area contributed by atoms with Crippen LogP contribution in [0.2, 0.25) is 0 Å². The van der Waals surface area contributed by atoms with Crippen molar-refractivity contribution in [1.29, 1.82) is 0 Å². The Morgan fingerprint density at radius 2 is 1.58 bits per heavy atom. The number of benzene rings is 2. The number of sulfonamides is 1. The summed E-state index contributed by atoms with van der Waals surface area (Å²) in [4.78, 5) is 12.1. The van der Waals surface area contributed by atoms with Crippen molar-refractivity contribution >= 4 is 21.0 Å². The van der Waals surface area contributed by atoms with Gasteiger partial charge in [0.2, 0.25) is 0 Å². The quantitative estimate of drug-likeness (QED) is 0.777. The lowest BCUT2D eigenvalue weighted by atomic mass is 10.2. The van der Waals surface area contributed by atoms with E-state index < -0.39 is 15.3 Å². The minimum absolute atomic E-state index is 0.0106. The molecule has 0 atom stereocenters. The summed E-state index contributed by atoms with van der Waals surface area (Å²) in [7, 11) is -4.34. The Kier molecular flexibility index (Phi) is 6.34. The molecule has 0 radical (unpaired) electrons. The fraction of sp³-hybridized carbons (Fsp3) is 0.235. The van der Waals surface area contributed by atoms with Crippen LogP contribution < -0.4 is 4.31 Å². The highest BCUT2D eigenvalue weighted by atomic mass is 32.2. The van der Waals surface area contributed by atoms with Gasteiger partial charge in [-0.05, 0) is 24.1 Å². The van der Waals surface area contributed by atoms with Gasteiger partial charge in [-0.3, -0.25) is 4.31 Å². The Labute approximate surface area is 141 Å². The highest BCUT2D eigenvalue weighted by Crippen LogP contribution is 2.20. The van der Waals surface area contributed by atoms with E-state index in [1.807, 2.05) is 6.07 Å². The number of nitrogens with zero attached hydrogens (tertiary/aromatic N) is 1. The Morgan fingerprint density at radius 3 is 2.17 bits per heavy atom. The first-order valence-electron chi connectivity index (χ1n) is 7.45. The van der Waals surface area contributed by atoms with E-state index in [2.05, 4.69) is 0 Å². The molecule has 0 aromatic heterocycles. The molecule has 0 amide bonds. The highest BCUT2D eigenvalue weighted by molar-refractivity contribution is 8.06. The van der Waals surface area contributed by atoms with E-state index >= 15 is 0 Å². The number of carbonyl (C=O) groups excluding carboxylic acids is 1. The van der Waals surface area contributed by atoms with Crippen LogP contribution in [0.5, 0.6) is 0 Å². The molecule has 0 aliphatic heterocycles. The number of anilines is 1. The Hall–Kier alpha value is -2.38. The summed E-state index contributed by atoms with van der Waals surface area (Å²) in [5, 5.41) is 7.67. The largest absolute Gasteiger partial charge is 0.448 e. The predicted octanol–water partition coefficient (Wildman–Crippen LogP) is 2.54. The molecule has 0 spiro atoms. The van der Waals surface area contributed by atoms with Crippen molar-refractivity contribution in [2.75, 3.05) is 17.5 Å².